The maximum Gasteiger partial charge on any atom is 0.220 e. The van der Waals surface area contributed by atoms with Crippen molar-refractivity contribution in [2.24, 2.45) is 0 Å². The summed E-state index contributed by atoms with van der Waals surface area (Å²) in [4.78, 5) is 11.3. The second kappa shape index (κ2) is 9.46. The van der Waals surface area contributed by atoms with Crippen LogP contribution in [0, 0.1) is 18.8 Å². The first-order valence-electron chi connectivity index (χ1n) is 6.21. The Morgan fingerprint density at radius 1 is 1.37 bits per heavy atom. The van der Waals surface area contributed by atoms with E-state index < -0.39 is 0 Å². The Morgan fingerprint density at radius 2 is 2.16 bits per heavy atom. The Balaban J connectivity index is 2.18. The number of benzene rings is 1. The van der Waals surface area contributed by atoms with Crippen molar-refractivity contribution in [3.05, 3.63) is 29.8 Å². The monoisotopic (exact) mass is 323 g/mol. The van der Waals surface area contributed by atoms with Gasteiger partial charge < -0.3 is 10.1 Å². The quantitative estimate of drug-likeness (QED) is 0.645. The molecule has 4 heteroatoms. The molecule has 0 fully saturated rings. The van der Waals surface area contributed by atoms with Gasteiger partial charge in [0.1, 0.15) is 12.4 Å². The highest BCUT2D eigenvalue weighted by Gasteiger charge is 1.97. The lowest BCUT2D eigenvalue weighted by molar-refractivity contribution is -0.120. The number of aryl methyl sites for hydroxylation is 1. The van der Waals surface area contributed by atoms with E-state index in [1.54, 1.807) is 0 Å². The van der Waals surface area contributed by atoms with E-state index in [9.17, 15) is 4.79 Å². The van der Waals surface area contributed by atoms with E-state index in [1.165, 1.54) is 0 Å². The minimum atomic E-state index is 0.0357. The topological polar surface area (TPSA) is 38.3 Å². The average molecular weight is 324 g/mol. The first-order valence-corrected chi connectivity index (χ1v) is 7.33. The third-order valence-corrected chi connectivity index (χ3v) is 2.99. The summed E-state index contributed by atoms with van der Waals surface area (Å²) in [5.41, 5.74) is 1.09. The zero-order chi connectivity index (χ0) is 13.9. The van der Waals surface area contributed by atoms with Crippen LogP contribution in [0.25, 0.3) is 0 Å². The number of alkyl halides is 1. The number of ether oxygens (including phenoxy) is 1. The van der Waals surface area contributed by atoms with Gasteiger partial charge in [-0.2, -0.15) is 0 Å². The van der Waals surface area contributed by atoms with E-state index in [1.807, 2.05) is 31.2 Å². The summed E-state index contributed by atoms with van der Waals surface area (Å²) >= 11 is 3.28. The molecule has 1 aromatic carbocycles. The number of nitrogens with one attached hydrogen (secondary N) is 1. The molecule has 1 rings (SSSR count). The van der Waals surface area contributed by atoms with E-state index in [0.29, 0.717) is 19.6 Å². The van der Waals surface area contributed by atoms with Gasteiger partial charge in [-0.15, -0.1) is 0 Å². The van der Waals surface area contributed by atoms with Crippen molar-refractivity contribution < 1.29 is 9.53 Å². The summed E-state index contributed by atoms with van der Waals surface area (Å²) in [6, 6.07) is 7.81. The fraction of sp³-hybridized carbons (Fsp3) is 0.400. The molecule has 0 saturated heterocycles. The second-order valence-corrected chi connectivity index (χ2v) is 4.77. The smallest absolute Gasteiger partial charge is 0.220 e. The summed E-state index contributed by atoms with van der Waals surface area (Å²) in [6.07, 6.45) is 1.38. The molecule has 0 atom stereocenters. The summed E-state index contributed by atoms with van der Waals surface area (Å²) in [7, 11) is 0. The van der Waals surface area contributed by atoms with E-state index in [0.717, 1.165) is 23.1 Å². The zero-order valence-electron chi connectivity index (χ0n) is 11.0. The minimum absolute atomic E-state index is 0.0357. The van der Waals surface area contributed by atoms with Crippen LogP contribution in [0.2, 0.25) is 0 Å². The summed E-state index contributed by atoms with van der Waals surface area (Å²) in [5, 5.41) is 3.58. The van der Waals surface area contributed by atoms with Gasteiger partial charge in [0.2, 0.25) is 5.91 Å². The van der Waals surface area contributed by atoms with Crippen LogP contribution < -0.4 is 10.1 Å². The predicted molar refractivity (Wildman–Crippen MR) is 80.5 cm³/mol. The number of carbonyl (C=O) groups is 1. The van der Waals surface area contributed by atoms with Gasteiger partial charge in [0.05, 0.1) is 6.54 Å². The number of halogens is 1. The lowest BCUT2D eigenvalue weighted by atomic mass is 10.2. The molecule has 0 radical (unpaired) electrons. The van der Waals surface area contributed by atoms with Crippen molar-refractivity contribution in [2.45, 2.75) is 19.8 Å². The van der Waals surface area contributed by atoms with Crippen molar-refractivity contribution in [3.8, 4) is 17.6 Å². The number of hydrogen-bond donors (Lipinski definition) is 1. The van der Waals surface area contributed by atoms with Gasteiger partial charge in [-0.3, -0.25) is 4.79 Å². The van der Waals surface area contributed by atoms with Crippen LogP contribution in [0.5, 0.6) is 5.75 Å². The number of rotatable bonds is 6. The highest BCUT2D eigenvalue weighted by molar-refractivity contribution is 9.09. The highest BCUT2D eigenvalue weighted by Crippen LogP contribution is 2.15. The molecule has 0 spiro atoms. The molecule has 0 aliphatic heterocycles. The fourth-order valence-electron chi connectivity index (χ4n) is 1.40. The van der Waals surface area contributed by atoms with E-state index in [-0.39, 0.29) is 5.91 Å². The van der Waals surface area contributed by atoms with Crippen LogP contribution in [0.15, 0.2) is 24.3 Å². The molecule has 0 aromatic heterocycles. The first-order chi connectivity index (χ1) is 9.24. The Morgan fingerprint density at radius 3 is 2.89 bits per heavy atom. The molecule has 1 amide bonds. The van der Waals surface area contributed by atoms with Crippen LogP contribution >= 0.6 is 15.9 Å². The molecule has 1 N–H and O–H groups in total. The Bertz CT molecular complexity index is 463. The maximum absolute atomic E-state index is 11.3. The molecule has 1 aromatic rings. The molecular weight excluding hydrogens is 306 g/mol. The van der Waals surface area contributed by atoms with E-state index in [4.69, 9.17) is 4.74 Å². The molecule has 0 saturated carbocycles. The fourth-order valence-corrected chi connectivity index (χ4v) is 1.68. The molecule has 0 bridgehead atoms. The van der Waals surface area contributed by atoms with Gasteiger partial charge in [-0.1, -0.05) is 46.0 Å². The van der Waals surface area contributed by atoms with Crippen LogP contribution in [-0.4, -0.2) is 24.4 Å². The number of hydrogen-bond acceptors (Lipinski definition) is 2. The van der Waals surface area contributed by atoms with E-state index >= 15 is 0 Å². The standard InChI is InChI=1S/C15H18BrNO2/c1-13-7-2-3-8-14(13)19-12-5-4-11-17-15(18)9-6-10-16/h2-3,7-8H,6,9-12H2,1H3,(H,17,18). The Hall–Kier alpha value is -1.47. The van der Waals surface area contributed by atoms with Crippen molar-refractivity contribution in [2.75, 3.05) is 18.5 Å². The lowest BCUT2D eigenvalue weighted by Crippen LogP contribution is -2.23. The van der Waals surface area contributed by atoms with Gasteiger partial charge in [-0.05, 0) is 25.0 Å². The molecular formula is C15H18BrNO2. The molecule has 0 heterocycles. The highest BCUT2D eigenvalue weighted by atomic mass is 79.9. The zero-order valence-corrected chi connectivity index (χ0v) is 12.6. The average Bonchev–Trinajstić information content (AvgIpc) is 2.42. The van der Waals surface area contributed by atoms with Crippen molar-refractivity contribution >= 4 is 21.8 Å². The number of carbonyl (C=O) groups excluding carboxylic acids is 1. The van der Waals surface area contributed by atoms with Crippen molar-refractivity contribution in [1.29, 1.82) is 0 Å². The second-order valence-electron chi connectivity index (χ2n) is 3.98. The van der Waals surface area contributed by atoms with Gasteiger partial charge in [0, 0.05) is 11.8 Å². The molecule has 3 nitrogen and oxygen atoms in total. The summed E-state index contributed by atoms with van der Waals surface area (Å²) < 4.78 is 5.52. The maximum atomic E-state index is 11.3. The summed E-state index contributed by atoms with van der Waals surface area (Å²) in [6.45, 7) is 2.70. The van der Waals surface area contributed by atoms with Crippen LogP contribution in [-0.2, 0) is 4.79 Å². The van der Waals surface area contributed by atoms with E-state index in [2.05, 4.69) is 33.1 Å². The van der Waals surface area contributed by atoms with Gasteiger partial charge in [-0.25, -0.2) is 0 Å². The third-order valence-electron chi connectivity index (χ3n) is 2.43. The largest absolute Gasteiger partial charge is 0.481 e. The molecule has 102 valence electrons. The van der Waals surface area contributed by atoms with Gasteiger partial charge >= 0.3 is 0 Å². The number of para-hydroxylation sites is 1. The SMILES string of the molecule is Cc1ccccc1OCC#CCNC(=O)CCCBr. The molecule has 0 aliphatic rings. The minimum Gasteiger partial charge on any atom is -0.481 e. The third kappa shape index (κ3) is 6.88. The normalized spacial score (nSPS) is 9.37. The Kier molecular flexibility index (Phi) is 7.76. The lowest BCUT2D eigenvalue weighted by Gasteiger charge is -2.04. The van der Waals surface area contributed by atoms with Crippen molar-refractivity contribution in [3.63, 3.8) is 0 Å². The molecule has 19 heavy (non-hydrogen) atoms. The van der Waals surface area contributed by atoms with Gasteiger partial charge in [0.25, 0.3) is 0 Å². The van der Waals surface area contributed by atoms with Crippen LogP contribution in [0.1, 0.15) is 18.4 Å². The summed E-state index contributed by atoms with van der Waals surface area (Å²) in [5.74, 6) is 6.62. The predicted octanol–water partition coefficient (Wildman–Crippen LogP) is 2.67. The van der Waals surface area contributed by atoms with Crippen molar-refractivity contribution in [1.82, 2.24) is 5.32 Å². The first kappa shape index (κ1) is 15.6. The number of amides is 1. The molecule has 0 aliphatic carbocycles. The Labute approximate surface area is 122 Å². The van der Waals surface area contributed by atoms with Crippen LogP contribution in [0.4, 0.5) is 0 Å². The molecule has 0 unspecified atom stereocenters. The van der Waals surface area contributed by atoms with Crippen LogP contribution in [0.3, 0.4) is 0 Å². The van der Waals surface area contributed by atoms with Gasteiger partial charge in [0.15, 0.2) is 0 Å².